The fourth-order valence-electron chi connectivity index (χ4n) is 5.29. The summed E-state index contributed by atoms with van der Waals surface area (Å²) >= 11 is 0. The van der Waals surface area contributed by atoms with E-state index in [1.165, 1.54) is 31.3 Å². The number of nitrogens with one attached hydrogen (secondary N) is 1. The Morgan fingerprint density at radius 3 is 1.66 bits per heavy atom. The van der Waals surface area contributed by atoms with Gasteiger partial charge in [-0.15, -0.1) is 0 Å². The zero-order valence-electron chi connectivity index (χ0n) is 21.7. The van der Waals surface area contributed by atoms with Crippen molar-refractivity contribution in [3.8, 4) is 0 Å². The first-order chi connectivity index (χ1) is 19.4. The van der Waals surface area contributed by atoms with E-state index in [0.717, 1.165) is 14.7 Å². The largest absolute Gasteiger partial charge is 0.398 e. The predicted octanol–water partition coefficient (Wildman–Crippen LogP) is -0.318. The summed E-state index contributed by atoms with van der Waals surface area (Å²) in [5, 5.41) is 2.13. The number of carbonyl (C=O) groups excluding carboxylic acids is 8. The molecule has 0 spiro atoms. The molecule has 2 unspecified atom stereocenters. The Hall–Kier alpha value is -5.40. The number of fused-ring (bicyclic) bond motifs is 2. The zero-order chi connectivity index (χ0) is 29.7. The summed E-state index contributed by atoms with van der Waals surface area (Å²) in [4.78, 5) is 98.8. The van der Waals surface area contributed by atoms with Gasteiger partial charge in [-0.1, -0.05) is 12.1 Å². The molecule has 0 bridgehead atoms. The Morgan fingerprint density at radius 1 is 0.683 bits per heavy atom. The molecule has 0 aromatic heterocycles. The highest BCUT2D eigenvalue weighted by Gasteiger charge is 2.47. The Kier molecular flexibility index (Phi) is 6.61. The number of piperidine rings is 2. The molecule has 41 heavy (non-hydrogen) atoms. The highest BCUT2D eigenvalue weighted by Crippen LogP contribution is 2.32. The third-order valence-corrected chi connectivity index (χ3v) is 7.41. The molecule has 6 rings (SSSR count). The summed E-state index contributed by atoms with van der Waals surface area (Å²) < 4.78 is 0. The van der Waals surface area contributed by atoms with Crippen LogP contribution in [-0.4, -0.2) is 81.1 Å². The van der Waals surface area contributed by atoms with Crippen LogP contribution in [0.25, 0.3) is 0 Å². The topological polar surface area (TPSA) is 210 Å². The monoisotopic (exact) mass is 560 g/mol. The number of nitrogens with two attached hydrogens (primary N) is 2. The maximum absolute atomic E-state index is 12.4. The van der Waals surface area contributed by atoms with E-state index in [2.05, 4.69) is 5.32 Å². The van der Waals surface area contributed by atoms with Gasteiger partial charge in [0.25, 0.3) is 29.5 Å². The molecule has 4 aliphatic rings. The van der Waals surface area contributed by atoms with Crippen LogP contribution in [0.3, 0.4) is 0 Å². The third-order valence-electron chi connectivity index (χ3n) is 7.41. The van der Waals surface area contributed by atoms with E-state index in [-0.39, 0.29) is 65.2 Å². The molecule has 14 heteroatoms. The maximum atomic E-state index is 12.4. The molecule has 2 aromatic rings. The summed E-state index contributed by atoms with van der Waals surface area (Å²) in [6.07, 6.45) is 0.499. The molecule has 2 saturated heterocycles. The highest BCUT2D eigenvalue weighted by atomic mass is 16.2. The number of benzene rings is 2. The average Bonchev–Trinajstić information content (AvgIpc) is 3.34. The second-order valence-corrected chi connectivity index (χ2v) is 9.81. The van der Waals surface area contributed by atoms with Crippen LogP contribution in [-0.2, 0) is 19.2 Å². The van der Waals surface area contributed by atoms with Gasteiger partial charge in [0.05, 0.1) is 22.3 Å². The van der Waals surface area contributed by atoms with Crippen LogP contribution in [0.1, 0.15) is 67.1 Å². The van der Waals surface area contributed by atoms with E-state index in [0.29, 0.717) is 0 Å². The fourth-order valence-corrected chi connectivity index (χ4v) is 5.29. The van der Waals surface area contributed by atoms with Crippen molar-refractivity contribution in [3.05, 3.63) is 58.7 Å². The minimum atomic E-state index is -0.959. The van der Waals surface area contributed by atoms with Gasteiger partial charge in [-0.3, -0.25) is 58.4 Å². The van der Waals surface area contributed by atoms with Gasteiger partial charge in [0.2, 0.25) is 17.7 Å². The second-order valence-electron chi connectivity index (χ2n) is 9.81. The molecule has 0 saturated carbocycles. The lowest BCUT2D eigenvalue weighted by atomic mass is 10.0. The van der Waals surface area contributed by atoms with Gasteiger partial charge in [0.1, 0.15) is 12.1 Å². The highest BCUT2D eigenvalue weighted by molar-refractivity contribution is 6.26. The summed E-state index contributed by atoms with van der Waals surface area (Å²) in [6.45, 7) is 0. The van der Waals surface area contributed by atoms with E-state index >= 15 is 0 Å². The van der Waals surface area contributed by atoms with E-state index in [1.807, 2.05) is 0 Å². The molecule has 2 fully saturated rings. The van der Waals surface area contributed by atoms with Crippen molar-refractivity contribution in [3.63, 3.8) is 0 Å². The fraction of sp³-hybridized carbons (Fsp3) is 0.259. The number of likely N-dealkylation sites (N-methyl/N-ethyl adjacent to an activating group) is 1. The van der Waals surface area contributed by atoms with Gasteiger partial charge < -0.3 is 11.5 Å². The molecular weight excluding hydrogens is 536 g/mol. The number of anilines is 2. The summed E-state index contributed by atoms with van der Waals surface area (Å²) in [5.41, 5.74) is 12.5. The van der Waals surface area contributed by atoms with Crippen LogP contribution in [0.15, 0.2) is 36.4 Å². The zero-order valence-corrected chi connectivity index (χ0v) is 21.7. The Bertz CT molecular complexity index is 1600. The quantitative estimate of drug-likeness (QED) is 0.322. The molecule has 5 N–H and O–H groups in total. The minimum Gasteiger partial charge on any atom is -0.398 e. The number of carbonyl (C=O) groups is 8. The van der Waals surface area contributed by atoms with Crippen LogP contribution in [0, 0.1) is 0 Å². The first-order valence-electron chi connectivity index (χ1n) is 12.6. The molecule has 210 valence electrons. The molecule has 0 aliphatic carbocycles. The second kappa shape index (κ2) is 9.97. The molecule has 8 amide bonds. The molecule has 2 atom stereocenters. The molecule has 2 aromatic carbocycles. The lowest BCUT2D eigenvalue weighted by Crippen LogP contribution is -2.54. The normalized spacial score (nSPS) is 22.0. The van der Waals surface area contributed by atoms with Crippen molar-refractivity contribution in [2.75, 3.05) is 18.5 Å². The van der Waals surface area contributed by atoms with Gasteiger partial charge in [-0.25, -0.2) is 0 Å². The van der Waals surface area contributed by atoms with Crippen molar-refractivity contribution in [1.29, 1.82) is 0 Å². The summed E-state index contributed by atoms with van der Waals surface area (Å²) in [6, 6.07) is 7.32. The Balaban J connectivity index is 0.000000165. The number of imide groups is 4. The summed E-state index contributed by atoms with van der Waals surface area (Å²) in [7, 11) is 1.35. The lowest BCUT2D eigenvalue weighted by Gasteiger charge is -2.32. The average molecular weight is 561 g/mol. The molecule has 4 heterocycles. The van der Waals surface area contributed by atoms with Gasteiger partial charge in [-0.05, 0) is 37.1 Å². The van der Waals surface area contributed by atoms with Crippen LogP contribution < -0.4 is 16.8 Å². The molecule has 4 aliphatic heterocycles. The SMILES string of the molecule is CN1C(=O)CCC(N2C(=O)c3cccc(N)c3C2=O)C1=O.Nc1cccc2c1C(=O)N(C1CCC(=O)NC1=O)C2=O. The van der Waals surface area contributed by atoms with Crippen molar-refractivity contribution in [1.82, 2.24) is 20.0 Å². The van der Waals surface area contributed by atoms with Gasteiger partial charge >= 0.3 is 0 Å². The van der Waals surface area contributed by atoms with E-state index in [9.17, 15) is 38.4 Å². The van der Waals surface area contributed by atoms with Crippen LogP contribution >= 0.6 is 0 Å². The van der Waals surface area contributed by atoms with E-state index in [1.54, 1.807) is 12.1 Å². The Morgan fingerprint density at radius 2 is 1.17 bits per heavy atom. The molecular formula is C27H24N6O8. The van der Waals surface area contributed by atoms with Gasteiger partial charge in [0.15, 0.2) is 0 Å². The predicted molar refractivity (Wildman–Crippen MR) is 140 cm³/mol. The number of nitrogens with zero attached hydrogens (tertiary/aromatic N) is 3. The van der Waals surface area contributed by atoms with Gasteiger partial charge in [0, 0.05) is 31.3 Å². The number of hydrogen-bond acceptors (Lipinski definition) is 10. The molecule has 14 nitrogen and oxygen atoms in total. The van der Waals surface area contributed by atoms with Crippen LogP contribution in [0.2, 0.25) is 0 Å². The van der Waals surface area contributed by atoms with Gasteiger partial charge in [-0.2, -0.15) is 0 Å². The van der Waals surface area contributed by atoms with Crippen molar-refractivity contribution >= 4 is 58.6 Å². The Labute approximate surface area is 232 Å². The smallest absolute Gasteiger partial charge is 0.264 e. The van der Waals surface area contributed by atoms with Crippen molar-refractivity contribution in [2.45, 2.75) is 37.8 Å². The first-order valence-corrected chi connectivity index (χ1v) is 12.6. The number of nitrogen functional groups attached to an aromatic ring is 2. The third kappa shape index (κ3) is 4.29. The lowest BCUT2D eigenvalue weighted by molar-refractivity contribution is -0.149. The number of hydrogen-bond donors (Lipinski definition) is 3. The van der Waals surface area contributed by atoms with E-state index < -0.39 is 53.4 Å². The number of rotatable bonds is 2. The van der Waals surface area contributed by atoms with E-state index in [4.69, 9.17) is 11.5 Å². The minimum absolute atomic E-state index is 0.0965. The summed E-state index contributed by atoms with van der Waals surface area (Å²) in [5.74, 6) is -4.13. The van der Waals surface area contributed by atoms with Crippen LogP contribution in [0.5, 0.6) is 0 Å². The standard InChI is InChI=1S/C14H13N3O4.C13H11N3O4/c1-16-10(18)6-5-9(13(16)20)17-12(19)7-3-2-4-8(15)11(7)14(17)21;14-7-3-1-2-6-10(7)13(20)16(12(6)19)8-4-5-9(17)15-11(8)18/h2-4,9H,5-6,15H2,1H3;1-3,8H,4-5,14H2,(H,15,17,18). The van der Waals surface area contributed by atoms with Crippen molar-refractivity contribution < 1.29 is 38.4 Å². The maximum Gasteiger partial charge on any atom is 0.264 e. The van der Waals surface area contributed by atoms with Crippen LogP contribution in [0.4, 0.5) is 11.4 Å². The van der Waals surface area contributed by atoms with Crippen molar-refractivity contribution in [2.24, 2.45) is 0 Å². The number of amides is 8. The first kappa shape index (κ1) is 27.2. The molecule has 0 radical (unpaired) electrons. The number of likely N-dealkylation sites (tertiary alicyclic amines) is 1.